The molecule has 2 N–H and O–H groups in total. The number of hydrogen-bond donors (Lipinski definition) is 2. The van der Waals surface area contributed by atoms with Gasteiger partial charge < -0.3 is 15.4 Å². The van der Waals surface area contributed by atoms with Gasteiger partial charge in [-0.2, -0.15) is 5.10 Å². The zero-order valence-electron chi connectivity index (χ0n) is 15.4. The van der Waals surface area contributed by atoms with Crippen molar-refractivity contribution in [2.45, 2.75) is 6.54 Å². The number of H-pyrrole nitrogens is 1. The highest BCUT2D eigenvalue weighted by molar-refractivity contribution is 9.10. The topological polar surface area (TPSA) is 119 Å². The minimum atomic E-state index is -0.648. The predicted octanol–water partition coefficient (Wildman–Crippen LogP) is 3.86. The first-order valence-corrected chi connectivity index (χ1v) is 9.69. The van der Waals surface area contributed by atoms with E-state index in [9.17, 15) is 14.9 Å². The summed E-state index contributed by atoms with van der Waals surface area (Å²) in [6.07, 6.45) is 1.85. The minimum absolute atomic E-state index is 0.00765. The number of halogens is 1. The maximum atomic E-state index is 12.5. The van der Waals surface area contributed by atoms with Gasteiger partial charge in [-0.3, -0.25) is 4.79 Å². The van der Waals surface area contributed by atoms with E-state index in [1.165, 1.54) is 0 Å². The lowest BCUT2D eigenvalue weighted by Crippen LogP contribution is -2.23. The van der Waals surface area contributed by atoms with E-state index in [0.29, 0.717) is 0 Å². The van der Waals surface area contributed by atoms with Crippen LogP contribution in [0.1, 0.15) is 16.1 Å². The molecule has 0 bridgehead atoms. The van der Waals surface area contributed by atoms with Crippen molar-refractivity contribution in [2.75, 3.05) is 0 Å². The van der Waals surface area contributed by atoms with Gasteiger partial charge in [0.05, 0.1) is 11.4 Å². The van der Waals surface area contributed by atoms with Crippen LogP contribution in [0.5, 0.6) is 0 Å². The van der Waals surface area contributed by atoms with E-state index in [1.54, 1.807) is 4.68 Å². The second-order valence-electron chi connectivity index (χ2n) is 6.32. The van der Waals surface area contributed by atoms with Gasteiger partial charge in [0.2, 0.25) is 0 Å². The Labute approximate surface area is 179 Å². The van der Waals surface area contributed by atoms with Gasteiger partial charge in [-0.25, -0.2) is 4.68 Å². The summed E-state index contributed by atoms with van der Waals surface area (Å²) in [5.41, 5.74) is 3.23. The molecule has 2 aromatic carbocycles. The first-order chi connectivity index (χ1) is 14.5. The molecule has 0 saturated heterocycles. The van der Waals surface area contributed by atoms with Crippen LogP contribution in [0.4, 0.5) is 5.82 Å². The highest BCUT2D eigenvalue weighted by Gasteiger charge is 2.25. The summed E-state index contributed by atoms with van der Waals surface area (Å²) >= 11 is 3.05. The molecule has 4 aromatic rings. The van der Waals surface area contributed by atoms with E-state index >= 15 is 0 Å². The van der Waals surface area contributed by atoms with Crippen LogP contribution in [0, 0.1) is 10.1 Å². The van der Waals surface area contributed by atoms with Crippen LogP contribution in [0.3, 0.4) is 0 Å². The second-order valence-corrected chi connectivity index (χ2v) is 7.12. The normalized spacial score (nSPS) is 10.7. The fraction of sp³-hybridized carbons (Fsp3) is 0.0500. The van der Waals surface area contributed by atoms with E-state index in [2.05, 4.69) is 31.4 Å². The van der Waals surface area contributed by atoms with Gasteiger partial charge in [-0.05, 0) is 33.0 Å². The molecule has 0 aliphatic carbocycles. The third kappa shape index (κ3) is 3.85. The van der Waals surface area contributed by atoms with E-state index in [4.69, 9.17) is 5.10 Å². The molecule has 2 heterocycles. The second kappa shape index (κ2) is 8.29. The summed E-state index contributed by atoms with van der Waals surface area (Å²) in [6, 6.07) is 19.3. The molecule has 9 nitrogen and oxygen atoms in total. The lowest BCUT2D eigenvalue weighted by molar-refractivity contribution is -0.390. The molecule has 1 amide bonds. The quantitative estimate of drug-likeness (QED) is 0.330. The van der Waals surface area contributed by atoms with Crippen molar-refractivity contribution in [3.8, 4) is 16.9 Å². The number of amides is 1. The van der Waals surface area contributed by atoms with Crippen LogP contribution in [0.15, 0.2) is 71.3 Å². The third-order valence-electron chi connectivity index (χ3n) is 4.38. The van der Waals surface area contributed by atoms with Crippen LogP contribution in [-0.2, 0) is 6.54 Å². The largest absolute Gasteiger partial charge is 0.358 e. The molecule has 0 aliphatic heterocycles. The van der Waals surface area contributed by atoms with Gasteiger partial charge >= 0.3 is 5.82 Å². The van der Waals surface area contributed by atoms with Gasteiger partial charge in [-0.15, -0.1) is 5.10 Å². The van der Waals surface area contributed by atoms with Gasteiger partial charge in [0.1, 0.15) is 4.47 Å². The maximum absolute atomic E-state index is 12.5. The number of nitrogens with zero attached hydrogens (tertiary/aromatic N) is 4. The zero-order chi connectivity index (χ0) is 21.1. The summed E-state index contributed by atoms with van der Waals surface area (Å²) in [5.74, 6) is -0.917. The standard InChI is InChI=1S/C20H15BrN6O3/c21-16-18(23-24-19(16)27(29)30)20(28)22-11-14-12-26(15-9-5-2-6-10-15)25-17(14)13-7-3-1-4-8-13/h1-10,12H,11H2,(H,22,28)(H,23,24). The molecule has 150 valence electrons. The number of nitrogens with one attached hydrogen (secondary N) is 2. The monoisotopic (exact) mass is 466 g/mol. The van der Waals surface area contributed by atoms with Crippen LogP contribution in [0.25, 0.3) is 16.9 Å². The summed E-state index contributed by atoms with van der Waals surface area (Å²) < 4.78 is 1.76. The minimum Gasteiger partial charge on any atom is -0.358 e. The molecule has 0 fully saturated rings. The maximum Gasteiger partial charge on any atom is 0.357 e. The fourth-order valence-corrected chi connectivity index (χ4v) is 3.44. The van der Waals surface area contributed by atoms with Crippen molar-refractivity contribution in [2.24, 2.45) is 0 Å². The summed E-state index contributed by atoms with van der Waals surface area (Å²) in [5, 5.41) is 24.4. The molecule has 0 radical (unpaired) electrons. The Morgan fingerprint density at radius 1 is 1.13 bits per heavy atom. The number of para-hydroxylation sites is 1. The number of benzene rings is 2. The highest BCUT2D eigenvalue weighted by Crippen LogP contribution is 2.26. The SMILES string of the molecule is O=C(NCc1cn(-c2ccccc2)nc1-c1ccccc1)c1n[nH]c([N+](=O)[O-])c1Br. The smallest absolute Gasteiger partial charge is 0.357 e. The Kier molecular flexibility index (Phi) is 5.40. The lowest BCUT2D eigenvalue weighted by Gasteiger charge is -2.04. The average molecular weight is 467 g/mol. The number of carbonyl (C=O) groups excluding carboxylic acids is 1. The Morgan fingerprint density at radius 3 is 2.43 bits per heavy atom. The number of nitro groups is 1. The molecule has 4 rings (SSSR count). The van der Waals surface area contributed by atoms with Crippen LogP contribution in [0.2, 0.25) is 0 Å². The average Bonchev–Trinajstić information content (AvgIpc) is 3.37. The Bertz CT molecular complexity index is 1200. The summed E-state index contributed by atoms with van der Waals surface area (Å²) in [7, 11) is 0. The molecule has 2 aromatic heterocycles. The van der Waals surface area contributed by atoms with E-state index in [0.717, 1.165) is 22.5 Å². The molecule has 0 saturated carbocycles. The van der Waals surface area contributed by atoms with E-state index in [-0.39, 0.29) is 22.5 Å². The molecule has 0 unspecified atom stereocenters. The molecule has 0 spiro atoms. The zero-order valence-corrected chi connectivity index (χ0v) is 17.0. The van der Waals surface area contributed by atoms with Gasteiger partial charge in [0, 0.05) is 23.9 Å². The molecule has 0 aliphatic rings. The van der Waals surface area contributed by atoms with Gasteiger partial charge in [-0.1, -0.05) is 53.6 Å². The Hall–Kier alpha value is -3.79. The molecule has 10 heteroatoms. The van der Waals surface area contributed by atoms with Crippen molar-refractivity contribution in [3.63, 3.8) is 0 Å². The van der Waals surface area contributed by atoms with Gasteiger partial charge in [0.25, 0.3) is 5.91 Å². The van der Waals surface area contributed by atoms with Crippen molar-refractivity contribution < 1.29 is 9.72 Å². The Morgan fingerprint density at radius 2 is 1.80 bits per heavy atom. The van der Waals surface area contributed by atoms with Crippen molar-refractivity contribution in [1.29, 1.82) is 0 Å². The van der Waals surface area contributed by atoms with Crippen LogP contribution in [-0.4, -0.2) is 30.8 Å². The van der Waals surface area contributed by atoms with Crippen molar-refractivity contribution >= 4 is 27.7 Å². The first-order valence-electron chi connectivity index (χ1n) is 8.90. The number of aromatic amines is 1. The first kappa shape index (κ1) is 19.5. The summed E-state index contributed by atoms with van der Waals surface area (Å²) in [4.78, 5) is 22.8. The van der Waals surface area contributed by atoms with E-state index in [1.807, 2.05) is 66.9 Å². The van der Waals surface area contributed by atoms with Crippen molar-refractivity contribution in [1.82, 2.24) is 25.3 Å². The van der Waals surface area contributed by atoms with Gasteiger partial charge in [0.15, 0.2) is 5.69 Å². The fourth-order valence-electron chi connectivity index (χ4n) is 2.94. The summed E-state index contributed by atoms with van der Waals surface area (Å²) in [6.45, 7) is 0.170. The number of aromatic nitrogens is 4. The predicted molar refractivity (Wildman–Crippen MR) is 113 cm³/mol. The van der Waals surface area contributed by atoms with Crippen molar-refractivity contribution in [3.05, 3.63) is 92.7 Å². The highest BCUT2D eigenvalue weighted by atomic mass is 79.9. The number of rotatable bonds is 6. The lowest BCUT2D eigenvalue weighted by atomic mass is 10.1. The third-order valence-corrected chi connectivity index (χ3v) is 5.14. The molecule has 30 heavy (non-hydrogen) atoms. The Balaban J connectivity index is 1.62. The number of carbonyl (C=O) groups is 1. The molecular formula is C20H15BrN6O3. The van der Waals surface area contributed by atoms with E-state index < -0.39 is 10.8 Å². The number of hydrogen-bond acceptors (Lipinski definition) is 5. The van der Waals surface area contributed by atoms with Crippen LogP contribution >= 0.6 is 15.9 Å². The molecular weight excluding hydrogens is 452 g/mol. The molecule has 0 atom stereocenters. The van der Waals surface area contributed by atoms with Crippen LogP contribution < -0.4 is 5.32 Å².